The largest absolute Gasteiger partial charge is 0.494 e. The Bertz CT molecular complexity index is 712. The van der Waals surface area contributed by atoms with Crippen molar-refractivity contribution in [2.45, 2.75) is 12.0 Å². The highest BCUT2D eigenvalue weighted by molar-refractivity contribution is 6.08. The highest BCUT2D eigenvalue weighted by Gasteiger charge is 2.51. The fourth-order valence-electron chi connectivity index (χ4n) is 2.63. The number of H-pyrrole nitrogens is 1. The van der Waals surface area contributed by atoms with E-state index < -0.39 is 34.8 Å². The average Bonchev–Trinajstić information content (AvgIpc) is 2.93. The first-order valence-electron chi connectivity index (χ1n) is 6.26. The van der Waals surface area contributed by atoms with Crippen LogP contribution in [-0.4, -0.2) is 51.5 Å². The molecule has 9 nitrogen and oxygen atoms in total. The summed E-state index contributed by atoms with van der Waals surface area (Å²) in [7, 11) is 0. The van der Waals surface area contributed by atoms with Gasteiger partial charge in [0.2, 0.25) is 0 Å². The number of carbonyl (C=O) groups excluding carboxylic acids is 3. The summed E-state index contributed by atoms with van der Waals surface area (Å²) in [6.45, 7) is 0.289. The summed E-state index contributed by atoms with van der Waals surface area (Å²) in [5.41, 5.74) is -1.67. The fourth-order valence-corrected chi connectivity index (χ4v) is 2.63. The quantitative estimate of drug-likeness (QED) is 0.468. The molecule has 0 bridgehead atoms. The molecular formula is C12H12N4O5. The number of carbonyl (C=O) groups is 3. The van der Waals surface area contributed by atoms with Crippen molar-refractivity contribution >= 4 is 17.8 Å². The van der Waals surface area contributed by atoms with Gasteiger partial charge in [-0.1, -0.05) is 0 Å². The van der Waals surface area contributed by atoms with E-state index in [-0.39, 0.29) is 18.7 Å². The Morgan fingerprint density at radius 2 is 2.05 bits per heavy atom. The lowest BCUT2D eigenvalue weighted by atomic mass is 9.99. The van der Waals surface area contributed by atoms with Gasteiger partial charge in [-0.25, -0.2) is 4.79 Å². The number of likely N-dealkylation sites (tertiary alicyclic amines) is 1. The number of aromatic amines is 1. The minimum atomic E-state index is -1.10. The highest BCUT2D eigenvalue weighted by Crippen LogP contribution is 2.26. The van der Waals surface area contributed by atoms with Crippen LogP contribution in [0.3, 0.4) is 0 Å². The molecule has 21 heavy (non-hydrogen) atoms. The molecule has 0 saturated carbocycles. The Morgan fingerprint density at radius 1 is 1.29 bits per heavy atom. The molecule has 1 aromatic rings. The second-order valence-electron chi connectivity index (χ2n) is 5.09. The van der Waals surface area contributed by atoms with Gasteiger partial charge in [-0.3, -0.25) is 24.7 Å². The van der Waals surface area contributed by atoms with Crippen LogP contribution in [0.25, 0.3) is 0 Å². The number of imide groups is 1. The summed E-state index contributed by atoms with van der Waals surface area (Å²) >= 11 is 0. The fraction of sp³-hybridized carbons (Fsp3) is 0.333. The van der Waals surface area contributed by atoms with Gasteiger partial charge in [0.05, 0.1) is 12.1 Å². The van der Waals surface area contributed by atoms with E-state index in [4.69, 9.17) is 0 Å². The van der Waals surface area contributed by atoms with Gasteiger partial charge in [0.1, 0.15) is 5.54 Å². The Labute approximate surface area is 117 Å². The van der Waals surface area contributed by atoms with Crippen molar-refractivity contribution in [3.8, 4) is 5.88 Å². The molecule has 3 rings (SSSR count). The third-order valence-corrected chi connectivity index (χ3v) is 3.65. The van der Waals surface area contributed by atoms with Crippen LogP contribution in [0.1, 0.15) is 16.8 Å². The summed E-state index contributed by atoms with van der Waals surface area (Å²) in [5.74, 6) is -1.36. The minimum absolute atomic E-state index is 0.0248. The van der Waals surface area contributed by atoms with E-state index in [0.29, 0.717) is 6.42 Å². The summed E-state index contributed by atoms with van der Waals surface area (Å²) in [6.07, 6.45) is 0.297. The van der Waals surface area contributed by atoms with Crippen LogP contribution in [0, 0.1) is 0 Å². The normalized spacial score (nSPS) is 24.3. The van der Waals surface area contributed by atoms with E-state index in [2.05, 4.69) is 15.6 Å². The summed E-state index contributed by atoms with van der Waals surface area (Å²) in [4.78, 5) is 50.1. The maximum Gasteiger partial charge on any atom is 0.322 e. The Morgan fingerprint density at radius 3 is 2.67 bits per heavy atom. The van der Waals surface area contributed by atoms with Gasteiger partial charge < -0.3 is 15.3 Å². The number of aromatic hydroxyl groups is 1. The average molecular weight is 292 g/mol. The number of nitrogens with zero attached hydrogens (tertiary/aromatic N) is 1. The number of nitrogens with one attached hydrogen (secondary N) is 3. The molecule has 1 spiro atoms. The van der Waals surface area contributed by atoms with Crippen molar-refractivity contribution in [1.82, 2.24) is 20.5 Å². The number of hydrogen-bond acceptors (Lipinski definition) is 5. The number of amides is 4. The lowest BCUT2D eigenvalue weighted by molar-refractivity contribution is -0.123. The Kier molecular flexibility index (Phi) is 2.71. The van der Waals surface area contributed by atoms with Gasteiger partial charge in [0.25, 0.3) is 17.4 Å². The number of pyridine rings is 1. The SMILES string of the molecule is O=C1NC(=O)C2(CCN(C(=O)c3cc(O)[nH]c(=O)c3)C2)N1. The van der Waals surface area contributed by atoms with Crippen LogP contribution in [0.5, 0.6) is 5.88 Å². The van der Waals surface area contributed by atoms with Crippen molar-refractivity contribution in [2.75, 3.05) is 13.1 Å². The van der Waals surface area contributed by atoms with Crippen LogP contribution in [0.15, 0.2) is 16.9 Å². The Balaban J connectivity index is 1.83. The molecule has 9 heteroatoms. The topological polar surface area (TPSA) is 132 Å². The molecule has 2 aliphatic heterocycles. The molecule has 110 valence electrons. The van der Waals surface area contributed by atoms with Crippen molar-refractivity contribution in [1.29, 1.82) is 0 Å². The first kappa shape index (κ1) is 13.2. The van der Waals surface area contributed by atoms with Gasteiger partial charge in [-0.2, -0.15) is 0 Å². The molecule has 0 radical (unpaired) electrons. The lowest BCUT2D eigenvalue weighted by Gasteiger charge is -2.21. The van der Waals surface area contributed by atoms with E-state index in [1.54, 1.807) is 0 Å². The summed E-state index contributed by atoms with van der Waals surface area (Å²) < 4.78 is 0. The molecule has 4 N–H and O–H groups in total. The maximum absolute atomic E-state index is 12.3. The second kappa shape index (κ2) is 4.33. The van der Waals surface area contributed by atoms with E-state index in [1.807, 2.05) is 0 Å². The van der Waals surface area contributed by atoms with Crippen molar-refractivity contribution in [3.63, 3.8) is 0 Å². The minimum Gasteiger partial charge on any atom is -0.494 e. The molecule has 0 aliphatic carbocycles. The molecule has 1 aromatic heterocycles. The van der Waals surface area contributed by atoms with Crippen molar-refractivity contribution in [3.05, 3.63) is 28.0 Å². The van der Waals surface area contributed by atoms with Crippen LogP contribution >= 0.6 is 0 Å². The van der Waals surface area contributed by atoms with Crippen LogP contribution < -0.4 is 16.2 Å². The third-order valence-electron chi connectivity index (χ3n) is 3.65. The predicted molar refractivity (Wildman–Crippen MR) is 68.7 cm³/mol. The molecule has 2 fully saturated rings. The van der Waals surface area contributed by atoms with E-state index in [0.717, 1.165) is 12.1 Å². The van der Waals surface area contributed by atoms with Gasteiger partial charge in [-0.05, 0) is 6.42 Å². The van der Waals surface area contributed by atoms with Gasteiger partial charge in [0, 0.05) is 18.7 Å². The zero-order valence-electron chi connectivity index (χ0n) is 10.8. The first-order valence-corrected chi connectivity index (χ1v) is 6.26. The summed E-state index contributed by atoms with van der Waals surface area (Å²) in [6, 6.07) is 1.63. The number of hydrogen-bond donors (Lipinski definition) is 4. The molecule has 3 heterocycles. The monoisotopic (exact) mass is 292 g/mol. The van der Waals surface area contributed by atoms with Crippen molar-refractivity contribution < 1.29 is 19.5 Å². The standard InChI is InChI=1S/C12H12N4O5/c17-7-3-6(4-8(18)13-7)9(19)16-2-1-12(5-16)10(20)14-11(21)15-12/h3-4H,1-2,5H2,(H2,13,17,18)(H2,14,15,20,21). The van der Waals surface area contributed by atoms with E-state index >= 15 is 0 Å². The van der Waals surface area contributed by atoms with Gasteiger partial charge in [0.15, 0.2) is 5.88 Å². The zero-order valence-corrected chi connectivity index (χ0v) is 10.8. The molecule has 2 aliphatic rings. The number of aromatic nitrogens is 1. The Hall–Kier alpha value is -2.84. The second-order valence-corrected chi connectivity index (χ2v) is 5.09. The highest BCUT2D eigenvalue weighted by atomic mass is 16.3. The van der Waals surface area contributed by atoms with E-state index in [9.17, 15) is 24.3 Å². The van der Waals surface area contributed by atoms with Crippen LogP contribution in [0.4, 0.5) is 4.79 Å². The molecule has 0 aromatic carbocycles. The smallest absolute Gasteiger partial charge is 0.322 e. The first-order chi connectivity index (χ1) is 9.89. The van der Waals surface area contributed by atoms with Crippen LogP contribution in [-0.2, 0) is 4.79 Å². The molecular weight excluding hydrogens is 280 g/mol. The van der Waals surface area contributed by atoms with Gasteiger partial charge >= 0.3 is 6.03 Å². The maximum atomic E-state index is 12.3. The van der Waals surface area contributed by atoms with Crippen molar-refractivity contribution in [2.24, 2.45) is 0 Å². The predicted octanol–water partition coefficient (Wildman–Crippen LogP) is -1.50. The third kappa shape index (κ3) is 2.12. The van der Waals surface area contributed by atoms with E-state index in [1.165, 1.54) is 4.90 Å². The van der Waals surface area contributed by atoms with Gasteiger partial charge in [-0.15, -0.1) is 0 Å². The number of rotatable bonds is 1. The van der Waals surface area contributed by atoms with Crippen LogP contribution in [0.2, 0.25) is 0 Å². The molecule has 2 saturated heterocycles. The molecule has 1 atom stereocenters. The lowest BCUT2D eigenvalue weighted by Crippen LogP contribution is -2.49. The molecule has 1 unspecified atom stereocenters. The molecule has 4 amide bonds. The summed E-state index contributed by atoms with van der Waals surface area (Å²) in [5, 5.41) is 14.0. The zero-order chi connectivity index (χ0) is 15.2. The number of urea groups is 1.